The number of rotatable bonds is 17. The molecule has 4 unspecified atom stereocenters. The third-order valence-corrected chi connectivity index (χ3v) is 7.90. The second-order valence-corrected chi connectivity index (χ2v) is 11.2. The molecule has 190 valence electrons. The number of carbonyl (C=O) groups is 1. The van der Waals surface area contributed by atoms with E-state index in [1.807, 2.05) is 0 Å². The van der Waals surface area contributed by atoms with Gasteiger partial charge in [0.2, 0.25) is 0 Å². The van der Waals surface area contributed by atoms with Crippen LogP contribution >= 0.6 is 0 Å². The maximum absolute atomic E-state index is 10.9. The van der Waals surface area contributed by atoms with Crippen molar-refractivity contribution in [1.82, 2.24) is 0 Å². The monoisotopic (exact) mass is 458 g/mol. The van der Waals surface area contributed by atoms with E-state index in [1.165, 1.54) is 69.8 Å². The Hall–Kier alpha value is -1.31. The van der Waals surface area contributed by atoms with E-state index in [-0.39, 0.29) is 5.92 Å². The molecule has 1 N–H and O–H groups in total. The SMILES string of the molecule is CCCC1=C(C)C(C)CC=C1CCC(C)CCCC(C)CCC/C(C)=C/CCC(C)C(=O)O. The first-order valence-electron chi connectivity index (χ1n) is 13.9. The first kappa shape index (κ1) is 29.7. The van der Waals surface area contributed by atoms with Gasteiger partial charge in [-0.05, 0) is 94.1 Å². The van der Waals surface area contributed by atoms with E-state index in [9.17, 15) is 4.79 Å². The summed E-state index contributed by atoms with van der Waals surface area (Å²) in [6.45, 7) is 15.9. The molecule has 0 saturated heterocycles. The number of hydrogen-bond acceptors (Lipinski definition) is 1. The molecule has 0 aromatic rings. The topological polar surface area (TPSA) is 37.3 Å². The molecule has 1 rings (SSSR count). The average Bonchev–Trinajstić information content (AvgIpc) is 2.76. The van der Waals surface area contributed by atoms with E-state index in [1.54, 1.807) is 23.6 Å². The first-order chi connectivity index (χ1) is 15.6. The van der Waals surface area contributed by atoms with Gasteiger partial charge in [0, 0.05) is 0 Å². The highest BCUT2D eigenvalue weighted by atomic mass is 16.4. The summed E-state index contributed by atoms with van der Waals surface area (Å²) in [5.41, 5.74) is 6.41. The van der Waals surface area contributed by atoms with Crippen LogP contribution in [0.2, 0.25) is 0 Å². The van der Waals surface area contributed by atoms with Gasteiger partial charge in [0.15, 0.2) is 0 Å². The van der Waals surface area contributed by atoms with E-state index in [4.69, 9.17) is 5.11 Å². The lowest BCUT2D eigenvalue weighted by molar-refractivity contribution is -0.141. The highest BCUT2D eigenvalue weighted by Gasteiger charge is 2.18. The van der Waals surface area contributed by atoms with Crippen LogP contribution in [-0.4, -0.2) is 11.1 Å². The van der Waals surface area contributed by atoms with Gasteiger partial charge in [-0.3, -0.25) is 4.79 Å². The smallest absolute Gasteiger partial charge is 0.306 e. The molecule has 0 fully saturated rings. The van der Waals surface area contributed by atoms with E-state index in [2.05, 4.69) is 53.7 Å². The van der Waals surface area contributed by atoms with Crippen molar-refractivity contribution in [3.8, 4) is 0 Å². The Morgan fingerprint density at radius 2 is 1.70 bits per heavy atom. The molecule has 33 heavy (non-hydrogen) atoms. The Morgan fingerprint density at radius 3 is 2.33 bits per heavy atom. The first-order valence-corrected chi connectivity index (χ1v) is 13.9. The van der Waals surface area contributed by atoms with Crippen molar-refractivity contribution in [1.29, 1.82) is 0 Å². The second-order valence-electron chi connectivity index (χ2n) is 11.2. The number of carboxylic acids is 1. The Balaban J connectivity index is 2.21. The zero-order valence-corrected chi connectivity index (χ0v) is 23.0. The Bertz CT molecular complexity index is 666. The van der Waals surface area contributed by atoms with E-state index < -0.39 is 5.97 Å². The fraction of sp³-hybridized carbons (Fsp3) is 0.774. The van der Waals surface area contributed by atoms with Crippen molar-refractivity contribution in [3.63, 3.8) is 0 Å². The van der Waals surface area contributed by atoms with Crippen molar-refractivity contribution in [3.05, 3.63) is 34.4 Å². The summed E-state index contributed by atoms with van der Waals surface area (Å²) in [6, 6.07) is 0. The molecule has 0 aromatic heterocycles. The molecule has 0 radical (unpaired) electrons. The maximum Gasteiger partial charge on any atom is 0.306 e. The number of aliphatic carboxylic acids is 1. The normalized spacial score (nSPS) is 19.9. The van der Waals surface area contributed by atoms with E-state index in [0.717, 1.165) is 37.0 Å². The van der Waals surface area contributed by atoms with Crippen LogP contribution in [0.25, 0.3) is 0 Å². The molecule has 4 atom stereocenters. The van der Waals surface area contributed by atoms with Crippen molar-refractivity contribution < 1.29 is 9.90 Å². The molecule has 0 amide bonds. The van der Waals surface area contributed by atoms with Gasteiger partial charge in [-0.1, -0.05) is 90.0 Å². The highest BCUT2D eigenvalue weighted by Crippen LogP contribution is 2.35. The Labute approximate surface area is 206 Å². The van der Waals surface area contributed by atoms with Crippen LogP contribution in [0.5, 0.6) is 0 Å². The third kappa shape index (κ3) is 12.1. The van der Waals surface area contributed by atoms with E-state index >= 15 is 0 Å². The molecule has 0 saturated carbocycles. The van der Waals surface area contributed by atoms with Crippen molar-refractivity contribution in [2.24, 2.45) is 23.7 Å². The molecule has 0 aliphatic heterocycles. The van der Waals surface area contributed by atoms with Gasteiger partial charge in [0.25, 0.3) is 0 Å². The van der Waals surface area contributed by atoms with Crippen LogP contribution in [0.15, 0.2) is 34.4 Å². The van der Waals surface area contributed by atoms with Crippen molar-refractivity contribution in [2.75, 3.05) is 0 Å². The molecule has 0 heterocycles. The molecule has 2 nitrogen and oxygen atoms in total. The van der Waals surface area contributed by atoms with Gasteiger partial charge < -0.3 is 5.11 Å². The summed E-state index contributed by atoms with van der Waals surface area (Å²) >= 11 is 0. The summed E-state index contributed by atoms with van der Waals surface area (Å²) in [6.07, 6.45) is 20.6. The van der Waals surface area contributed by atoms with Crippen LogP contribution in [0, 0.1) is 23.7 Å². The van der Waals surface area contributed by atoms with Gasteiger partial charge in [0.1, 0.15) is 0 Å². The molecule has 0 spiro atoms. The third-order valence-electron chi connectivity index (χ3n) is 7.90. The fourth-order valence-corrected chi connectivity index (χ4v) is 5.07. The quantitative estimate of drug-likeness (QED) is 0.220. The maximum atomic E-state index is 10.9. The molecule has 1 aliphatic carbocycles. The van der Waals surface area contributed by atoms with Gasteiger partial charge in [-0.25, -0.2) is 0 Å². The van der Waals surface area contributed by atoms with Crippen molar-refractivity contribution in [2.45, 2.75) is 132 Å². The molecule has 0 bridgehead atoms. The summed E-state index contributed by atoms with van der Waals surface area (Å²) < 4.78 is 0. The largest absolute Gasteiger partial charge is 0.481 e. The fourth-order valence-electron chi connectivity index (χ4n) is 5.07. The van der Waals surface area contributed by atoms with Crippen LogP contribution in [0.1, 0.15) is 132 Å². The van der Waals surface area contributed by atoms with Crippen LogP contribution in [-0.2, 0) is 4.79 Å². The minimum absolute atomic E-state index is 0.237. The number of hydrogen-bond donors (Lipinski definition) is 1. The number of allylic oxidation sites excluding steroid dienone is 6. The highest BCUT2D eigenvalue weighted by molar-refractivity contribution is 5.69. The van der Waals surface area contributed by atoms with E-state index in [0.29, 0.717) is 0 Å². The van der Waals surface area contributed by atoms with Crippen LogP contribution in [0.4, 0.5) is 0 Å². The lowest BCUT2D eigenvalue weighted by Crippen LogP contribution is -2.09. The second kappa shape index (κ2) is 16.3. The number of carboxylic acid groups (broad SMARTS) is 1. The van der Waals surface area contributed by atoms with Gasteiger partial charge >= 0.3 is 5.97 Å². The molecule has 2 heteroatoms. The minimum Gasteiger partial charge on any atom is -0.481 e. The summed E-state index contributed by atoms with van der Waals surface area (Å²) in [7, 11) is 0. The lowest BCUT2D eigenvalue weighted by Gasteiger charge is -2.25. The molecular formula is C31H54O2. The van der Waals surface area contributed by atoms with Gasteiger partial charge in [-0.2, -0.15) is 0 Å². The van der Waals surface area contributed by atoms with Crippen LogP contribution in [0.3, 0.4) is 0 Å². The molecular weight excluding hydrogens is 404 g/mol. The Morgan fingerprint density at radius 1 is 1.06 bits per heavy atom. The predicted molar refractivity (Wildman–Crippen MR) is 145 cm³/mol. The van der Waals surface area contributed by atoms with Crippen molar-refractivity contribution >= 4 is 5.97 Å². The van der Waals surface area contributed by atoms with Gasteiger partial charge in [0.05, 0.1) is 5.92 Å². The lowest BCUT2D eigenvalue weighted by atomic mass is 9.80. The van der Waals surface area contributed by atoms with Gasteiger partial charge in [-0.15, -0.1) is 0 Å². The molecule has 1 aliphatic rings. The minimum atomic E-state index is -0.682. The zero-order chi connectivity index (χ0) is 24.8. The average molecular weight is 459 g/mol. The summed E-state index contributed by atoms with van der Waals surface area (Å²) in [5.74, 6) is 1.44. The molecule has 0 aromatic carbocycles. The predicted octanol–water partition coefficient (Wildman–Crippen LogP) is 9.91. The van der Waals surface area contributed by atoms with Crippen LogP contribution < -0.4 is 0 Å². The zero-order valence-electron chi connectivity index (χ0n) is 23.0. The standard InChI is InChI=1S/C31H54O2/c1-8-12-30-28(7)26(5)20-22-29(30)21-19-25(4)16-10-15-23(2)13-9-14-24(3)17-11-18-27(6)31(32)33/h17,22-23,25-27H,8-16,18-21H2,1-7H3,(H,32,33)/b24-17+. The summed E-state index contributed by atoms with van der Waals surface area (Å²) in [5, 5.41) is 8.97. The summed E-state index contributed by atoms with van der Waals surface area (Å²) in [4.78, 5) is 10.9. The Kier molecular flexibility index (Phi) is 14.7.